The van der Waals surface area contributed by atoms with Crippen LogP contribution in [0.1, 0.15) is 33.6 Å². The lowest BCUT2D eigenvalue weighted by Gasteiger charge is -2.22. The Bertz CT molecular complexity index is 602. The van der Waals surface area contributed by atoms with Gasteiger partial charge in [-0.1, -0.05) is 6.92 Å². The number of carbonyl (C=O) groups excluding carboxylic acids is 1. The van der Waals surface area contributed by atoms with Crippen LogP contribution >= 0.6 is 0 Å². The molecule has 0 bridgehead atoms. The van der Waals surface area contributed by atoms with Gasteiger partial charge >= 0.3 is 11.7 Å². The van der Waals surface area contributed by atoms with Crippen molar-refractivity contribution in [3.05, 3.63) is 33.1 Å². The first kappa shape index (κ1) is 18.2. The van der Waals surface area contributed by atoms with Gasteiger partial charge in [0.15, 0.2) is 0 Å². The van der Waals surface area contributed by atoms with E-state index in [0.717, 1.165) is 0 Å². The molecule has 0 saturated carbocycles. The van der Waals surface area contributed by atoms with Crippen molar-refractivity contribution in [3.8, 4) is 0 Å². The zero-order valence-corrected chi connectivity index (χ0v) is 13.5. The number of esters is 1. The number of nitrogens with zero attached hydrogens (tertiary/aromatic N) is 1. The summed E-state index contributed by atoms with van der Waals surface area (Å²) in [6, 6.07) is 1.28. The van der Waals surface area contributed by atoms with Gasteiger partial charge in [-0.25, -0.2) is 4.79 Å². The van der Waals surface area contributed by atoms with Crippen LogP contribution in [-0.2, 0) is 20.8 Å². The van der Waals surface area contributed by atoms with Crippen LogP contribution < -0.4 is 11.2 Å². The maximum atomic E-state index is 11.9. The maximum absolute atomic E-state index is 11.9. The lowest BCUT2D eigenvalue weighted by molar-refractivity contribution is -0.157. The second-order valence-electron chi connectivity index (χ2n) is 5.79. The Balaban J connectivity index is 2.54. The summed E-state index contributed by atoms with van der Waals surface area (Å²) in [4.78, 5) is 36.6. The average Bonchev–Trinajstić information content (AvgIpc) is 2.48. The second-order valence-corrected chi connectivity index (χ2v) is 5.79. The zero-order chi connectivity index (χ0) is 16.8. The molecule has 1 atom stereocenters. The summed E-state index contributed by atoms with van der Waals surface area (Å²) in [6.07, 6.45) is 2.30. The van der Waals surface area contributed by atoms with Crippen LogP contribution in [0, 0.1) is 5.41 Å². The molecule has 0 aromatic carbocycles. The smallest absolute Gasteiger partial charge is 0.328 e. The molecule has 7 heteroatoms. The van der Waals surface area contributed by atoms with Crippen molar-refractivity contribution in [3.63, 3.8) is 0 Å². The lowest BCUT2D eigenvalue weighted by Crippen LogP contribution is -2.32. The molecule has 0 aliphatic heterocycles. The Kier molecular flexibility index (Phi) is 6.55. The molecule has 124 valence electrons. The van der Waals surface area contributed by atoms with Crippen molar-refractivity contribution < 1.29 is 14.3 Å². The van der Waals surface area contributed by atoms with E-state index in [-0.39, 0.29) is 18.7 Å². The molecule has 0 aliphatic rings. The first-order valence-electron chi connectivity index (χ1n) is 7.30. The van der Waals surface area contributed by atoms with Gasteiger partial charge in [0.25, 0.3) is 5.56 Å². The molecule has 0 aliphatic carbocycles. The third kappa shape index (κ3) is 5.14. The van der Waals surface area contributed by atoms with E-state index in [1.54, 1.807) is 0 Å². The van der Waals surface area contributed by atoms with Gasteiger partial charge in [0.05, 0.1) is 11.5 Å². The molecule has 0 fully saturated rings. The van der Waals surface area contributed by atoms with E-state index in [2.05, 4.69) is 4.98 Å². The van der Waals surface area contributed by atoms with Crippen molar-refractivity contribution in [2.75, 3.05) is 13.7 Å². The number of rotatable bonds is 8. The highest BCUT2D eigenvalue weighted by Crippen LogP contribution is 2.21. The van der Waals surface area contributed by atoms with Gasteiger partial charge in [-0.3, -0.25) is 14.6 Å². The molecule has 1 rings (SSSR count). The van der Waals surface area contributed by atoms with Gasteiger partial charge in [0.2, 0.25) is 0 Å². The molecule has 0 saturated heterocycles. The van der Waals surface area contributed by atoms with Gasteiger partial charge in [-0.15, -0.1) is 0 Å². The Hall–Kier alpha value is -1.89. The van der Waals surface area contributed by atoms with Gasteiger partial charge in [0.1, 0.15) is 6.61 Å². The SMILES string of the molecule is CCC(C)(C)C(=O)OCC(CCn1ccc(=O)[nH]c1=O)OC. The Morgan fingerprint density at radius 1 is 1.41 bits per heavy atom. The highest BCUT2D eigenvalue weighted by atomic mass is 16.6. The number of aromatic amines is 1. The molecule has 7 nitrogen and oxygen atoms in total. The fourth-order valence-electron chi connectivity index (χ4n) is 1.68. The van der Waals surface area contributed by atoms with Gasteiger partial charge in [-0.05, 0) is 26.7 Å². The first-order chi connectivity index (χ1) is 10.3. The summed E-state index contributed by atoms with van der Waals surface area (Å²) in [7, 11) is 1.53. The number of methoxy groups -OCH3 is 1. The summed E-state index contributed by atoms with van der Waals surface area (Å²) in [5.74, 6) is -0.266. The second kappa shape index (κ2) is 7.93. The van der Waals surface area contributed by atoms with Crippen LogP contribution in [0.4, 0.5) is 0 Å². The molecule has 0 spiro atoms. The highest BCUT2D eigenvalue weighted by molar-refractivity contribution is 5.75. The van der Waals surface area contributed by atoms with Crippen molar-refractivity contribution in [2.24, 2.45) is 5.41 Å². The van der Waals surface area contributed by atoms with Crippen molar-refractivity contribution in [1.29, 1.82) is 0 Å². The van der Waals surface area contributed by atoms with Crippen molar-refractivity contribution in [2.45, 2.75) is 46.3 Å². The third-order valence-electron chi connectivity index (χ3n) is 3.76. The Labute approximate surface area is 129 Å². The molecule has 0 amide bonds. The molecular formula is C15H24N2O5. The fourth-order valence-corrected chi connectivity index (χ4v) is 1.68. The van der Waals surface area contributed by atoms with Gasteiger partial charge < -0.3 is 14.0 Å². The molecule has 22 heavy (non-hydrogen) atoms. The molecular weight excluding hydrogens is 288 g/mol. The summed E-state index contributed by atoms with van der Waals surface area (Å²) < 4.78 is 11.9. The standard InChI is InChI=1S/C15H24N2O5/c1-5-15(2,3)13(19)22-10-11(21-4)6-8-17-9-7-12(18)16-14(17)20/h7,9,11H,5-6,8,10H2,1-4H3,(H,16,18,20). The van der Waals surface area contributed by atoms with Crippen LogP contribution in [0.2, 0.25) is 0 Å². The van der Waals surface area contributed by atoms with E-state index in [4.69, 9.17) is 9.47 Å². The number of hydrogen-bond acceptors (Lipinski definition) is 5. The number of H-pyrrole nitrogens is 1. The molecule has 1 unspecified atom stereocenters. The fraction of sp³-hybridized carbons (Fsp3) is 0.667. The summed E-state index contributed by atoms with van der Waals surface area (Å²) >= 11 is 0. The van der Waals surface area contributed by atoms with E-state index < -0.39 is 16.7 Å². The molecule has 1 heterocycles. The monoisotopic (exact) mass is 312 g/mol. The van der Waals surface area contributed by atoms with Crippen molar-refractivity contribution >= 4 is 5.97 Å². The minimum absolute atomic E-state index is 0.136. The number of nitrogens with one attached hydrogen (secondary N) is 1. The average molecular weight is 312 g/mol. The minimum Gasteiger partial charge on any atom is -0.463 e. The normalized spacial score (nSPS) is 12.9. The molecule has 0 radical (unpaired) electrons. The van der Waals surface area contributed by atoms with Crippen LogP contribution in [-0.4, -0.2) is 35.3 Å². The van der Waals surface area contributed by atoms with Crippen LogP contribution in [0.15, 0.2) is 21.9 Å². The highest BCUT2D eigenvalue weighted by Gasteiger charge is 2.27. The quantitative estimate of drug-likeness (QED) is 0.721. The largest absolute Gasteiger partial charge is 0.463 e. The Morgan fingerprint density at radius 2 is 2.09 bits per heavy atom. The van der Waals surface area contributed by atoms with E-state index >= 15 is 0 Å². The third-order valence-corrected chi connectivity index (χ3v) is 3.76. The van der Waals surface area contributed by atoms with E-state index in [1.165, 1.54) is 23.9 Å². The maximum Gasteiger partial charge on any atom is 0.328 e. The van der Waals surface area contributed by atoms with Crippen molar-refractivity contribution in [1.82, 2.24) is 9.55 Å². The number of hydrogen-bond donors (Lipinski definition) is 1. The zero-order valence-electron chi connectivity index (χ0n) is 13.5. The predicted octanol–water partition coefficient (Wildman–Crippen LogP) is 0.921. The van der Waals surface area contributed by atoms with Gasteiger partial charge in [0, 0.05) is 25.9 Å². The van der Waals surface area contributed by atoms with Crippen LogP contribution in [0.3, 0.4) is 0 Å². The molecule has 1 aromatic heterocycles. The van der Waals surface area contributed by atoms with Crippen LogP contribution in [0.25, 0.3) is 0 Å². The lowest BCUT2D eigenvalue weighted by atomic mass is 9.91. The van der Waals surface area contributed by atoms with E-state index in [1.807, 2.05) is 20.8 Å². The number of aromatic nitrogens is 2. The summed E-state index contributed by atoms with van der Waals surface area (Å²) in [5.41, 5.74) is -1.42. The summed E-state index contributed by atoms with van der Waals surface area (Å²) in [5, 5.41) is 0. The Morgan fingerprint density at radius 3 is 2.64 bits per heavy atom. The van der Waals surface area contributed by atoms with E-state index in [9.17, 15) is 14.4 Å². The van der Waals surface area contributed by atoms with E-state index in [0.29, 0.717) is 19.4 Å². The predicted molar refractivity (Wildman–Crippen MR) is 81.8 cm³/mol. The first-order valence-corrected chi connectivity index (χ1v) is 7.30. The molecule has 1 aromatic rings. The molecule has 1 N–H and O–H groups in total. The number of aryl methyl sites for hydroxylation is 1. The van der Waals surface area contributed by atoms with Crippen LogP contribution in [0.5, 0.6) is 0 Å². The number of carbonyl (C=O) groups is 1. The topological polar surface area (TPSA) is 90.4 Å². The van der Waals surface area contributed by atoms with Gasteiger partial charge in [-0.2, -0.15) is 0 Å². The summed E-state index contributed by atoms with van der Waals surface area (Å²) in [6.45, 7) is 6.09. The minimum atomic E-state index is -0.520. The number of ether oxygens (including phenoxy) is 2.